The minimum absolute atomic E-state index is 0.182. The minimum atomic E-state index is -0.306. The fourth-order valence-corrected chi connectivity index (χ4v) is 2.03. The lowest BCUT2D eigenvalue weighted by Gasteiger charge is -2.06. The van der Waals surface area contributed by atoms with Gasteiger partial charge < -0.3 is 10.1 Å². The van der Waals surface area contributed by atoms with Gasteiger partial charge >= 0.3 is 5.97 Å². The van der Waals surface area contributed by atoms with Crippen LogP contribution in [0.3, 0.4) is 0 Å². The number of esters is 1. The number of hydrogen-bond donors (Lipinski definition) is 1. The van der Waals surface area contributed by atoms with Gasteiger partial charge in [0.1, 0.15) is 0 Å². The molecule has 19 heavy (non-hydrogen) atoms. The van der Waals surface area contributed by atoms with E-state index < -0.39 is 0 Å². The lowest BCUT2D eigenvalue weighted by Crippen LogP contribution is -2.26. The van der Waals surface area contributed by atoms with Gasteiger partial charge in [-0.2, -0.15) is 0 Å². The SMILES string of the molecule is CCOC(=O)CCNC(=O)c1ccnc(SCC)c1. The van der Waals surface area contributed by atoms with Crippen molar-refractivity contribution in [3.63, 3.8) is 0 Å². The Kier molecular flexibility index (Phi) is 6.95. The van der Waals surface area contributed by atoms with Crippen molar-refractivity contribution in [2.24, 2.45) is 0 Å². The maximum Gasteiger partial charge on any atom is 0.307 e. The van der Waals surface area contributed by atoms with Crippen LogP contribution >= 0.6 is 11.8 Å². The smallest absolute Gasteiger partial charge is 0.307 e. The Hall–Kier alpha value is -1.56. The van der Waals surface area contributed by atoms with E-state index in [4.69, 9.17) is 4.74 Å². The standard InChI is InChI=1S/C13H18N2O3S/c1-3-18-12(16)6-8-15-13(17)10-5-7-14-11(9-10)19-4-2/h5,7,9H,3-4,6,8H2,1-2H3,(H,15,17). The van der Waals surface area contributed by atoms with E-state index in [-0.39, 0.29) is 24.8 Å². The summed E-state index contributed by atoms with van der Waals surface area (Å²) >= 11 is 1.58. The van der Waals surface area contributed by atoms with E-state index >= 15 is 0 Å². The van der Waals surface area contributed by atoms with E-state index in [0.29, 0.717) is 12.2 Å². The average molecular weight is 282 g/mol. The van der Waals surface area contributed by atoms with Crippen LogP contribution in [0.25, 0.3) is 0 Å². The number of amides is 1. The topological polar surface area (TPSA) is 68.3 Å². The van der Waals surface area contributed by atoms with Gasteiger partial charge in [0, 0.05) is 18.3 Å². The first-order valence-electron chi connectivity index (χ1n) is 6.20. The van der Waals surface area contributed by atoms with E-state index in [0.717, 1.165) is 10.8 Å². The molecule has 0 spiro atoms. The fraction of sp³-hybridized carbons (Fsp3) is 0.462. The molecular formula is C13H18N2O3S. The number of nitrogens with zero attached hydrogens (tertiary/aromatic N) is 1. The molecule has 104 valence electrons. The van der Waals surface area contributed by atoms with Crippen LogP contribution in [0.4, 0.5) is 0 Å². The molecule has 1 heterocycles. The highest BCUT2D eigenvalue weighted by atomic mass is 32.2. The molecule has 0 aliphatic rings. The summed E-state index contributed by atoms with van der Waals surface area (Å²) in [6.07, 6.45) is 1.79. The summed E-state index contributed by atoms with van der Waals surface area (Å²) in [7, 11) is 0. The van der Waals surface area contributed by atoms with Crippen molar-refractivity contribution in [2.45, 2.75) is 25.3 Å². The van der Waals surface area contributed by atoms with Gasteiger partial charge in [0.25, 0.3) is 5.91 Å². The van der Waals surface area contributed by atoms with Crippen LogP contribution in [-0.2, 0) is 9.53 Å². The van der Waals surface area contributed by atoms with Crippen molar-refractivity contribution in [1.82, 2.24) is 10.3 Å². The molecule has 5 nitrogen and oxygen atoms in total. The summed E-state index contributed by atoms with van der Waals surface area (Å²) in [4.78, 5) is 27.1. The van der Waals surface area contributed by atoms with Gasteiger partial charge in [-0.3, -0.25) is 9.59 Å². The number of carbonyl (C=O) groups excluding carboxylic acids is 2. The average Bonchev–Trinajstić information content (AvgIpc) is 2.39. The van der Waals surface area contributed by atoms with Gasteiger partial charge in [-0.05, 0) is 24.8 Å². The van der Waals surface area contributed by atoms with Gasteiger partial charge in [0.05, 0.1) is 18.1 Å². The highest BCUT2D eigenvalue weighted by molar-refractivity contribution is 7.99. The van der Waals surface area contributed by atoms with Crippen LogP contribution in [0.5, 0.6) is 0 Å². The number of carbonyl (C=O) groups is 2. The van der Waals surface area contributed by atoms with Crippen LogP contribution in [0, 0.1) is 0 Å². The fourth-order valence-electron chi connectivity index (χ4n) is 1.39. The first kappa shape index (κ1) is 15.5. The molecule has 1 amide bonds. The van der Waals surface area contributed by atoms with Crippen molar-refractivity contribution < 1.29 is 14.3 Å². The molecule has 0 unspecified atom stereocenters. The molecule has 0 saturated heterocycles. The normalized spacial score (nSPS) is 10.0. The van der Waals surface area contributed by atoms with Crippen molar-refractivity contribution >= 4 is 23.6 Å². The molecule has 6 heteroatoms. The predicted molar refractivity (Wildman–Crippen MR) is 74.2 cm³/mol. The van der Waals surface area contributed by atoms with E-state index in [1.54, 1.807) is 37.0 Å². The van der Waals surface area contributed by atoms with E-state index in [1.165, 1.54) is 0 Å². The highest BCUT2D eigenvalue weighted by Gasteiger charge is 2.08. The molecule has 0 aliphatic heterocycles. The zero-order valence-electron chi connectivity index (χ0n) is 11.1. The second-order valence-corrected chi connectivity index (χ2v) is 4.91. The third-order valence-electron chi connectivity index (χ3n) is 2.21. The zero-order valence-corrected chi connectivity index (χ0v) is 12.0. The minimum Gasteiger partial charge on any atom is -0.466 e. The summed E-state index contributed by atoms with van der Waals surface area (Å²) in [5, 5.41) is 3.50. The number of rotatable bonds is 7. The highest BCUT2D eigenvalue weighted by Crippen LogP contribution is 2.15. The van der Waals surface area contributed by atoms with E-state index in [2.05, 4.69) is 10.3 Å². The van der Waals surface area contributed by atoms with E-state index in [1.807, 2.05) is 6.92 Å². The Morgan fingerprint density at radius 2 is 2.21 bits per heavy atom. The Morgan fingerprint density at radius 3 is 2.89 bits per heavy atom. The number of aromatic nitrogens is 1. The number of pyridine rings is 1. The number of thioether (sulfide) groups is 1. The molecule has 0 radical (unpaired) electrons. The molecule has 0 saturated carbocycles. The summed E-state index contributed by atoms with van der Waals surface area (Å²) < 4.78 is 4.78. The van der Waals surface area contributed by atoms with E-state index in [9.17, 15) is 9.59 Å². The van der Waals surface area contributed by atoms with Crippen LogP contribution in [0.2, 0.25) is 0 Å². The second-order valence-electron chi connectivity index (χ2n) is 3.63. The van der Waals surface area contributed by atoms with Crippen LogP contribution in [-0.4, -0.2) is 35.8 Å². The molecule has 1 aromatic heterocycles. The van der Waals surface area contributed by atoms with Gasteiger partial charge in [0.2, 0.25) is 0 Å². The maximum atomic E-state index is 11.8. The summed E-state index contributed by atoms with van der Waals surface area (Å²) in [5.74, 6) is 0.394. The number of nitrogens with one attached hydrogen (secondary N) is 1. The van der Waals surface area contributed by atoms with Crippen LogP contribution in [0.15, 0.2) is 23.4 Å². The van der Waals surface area contributed by atoms with Gasteiger partial charge in [-0.1, -0.05) is 6.92 Å². The summed E-state index contributed by atoms with van der Waals surface area (Å²) in [6, 6.07) is 3.40. The number of hydrogen-bond acceptors (Lipinski definition) is 5. The monoisotopic (exact) mass is 282 g/mol. The third kappa shape index (κ3) is 5.74. The zero-order chi connectivity index (χ0) is 14.1. The molecule has 0 atom stereocenters. The largest absolute Gasteiger partial charge is 0.466 e. The Morgan fingerprint density at radius 1 is 1.42 bits per heavy atom. The predicted octanol–water partition coefficient (Wildman–Crippen LogP) is 1.88. The Labute approximate surface area is 117 Å². The molecular weight excluding hydrogens is 264 g/mol. The molecule has 1 rings (SSSR count). The van der Waals surface area contributed by atoms with Crippen LogP contribution in [0.1, 0.15) is 30.6 Å². The van der Waals surface area contributed by atoms with Gasteiger partial charge in [0.15, 0.2) is 0 Å². The molecule has 1 N–H and O–H groups in total. The van der Waals surface area contributed by atoms with Crippen LogP contribution < -0.4 is 5.32 Å². The lowest BCUT2D eigenvalue weighted by molar-refractivity contribution is -0.142. The van der Waals surface area contributed by atoms with Crippen molar-refractivity contribution in [1.29, 1.82) is 0 Å². The molecule has 0 bridgehead atoms. The molecule has 0 aliphatic carbocycles. The summed E-state index contributed by atoms with van der Waals surface area (Å²) in [5.41, 5.74) is 0.551. The third-order valence-corrected chi connectivity index (χ3v) is 3.02. The maximum absolute atomic E-state index is 11.8. The molecule has 0 fully saturated rings. The molecule has 1 aromatic rings. The summed E-state index contributed by atoms with van der Waals surface area (Å²) in [6.45, 7) is 4.41. The quantitative estimate of drug-likeness (QED) is 0.611. The van der Waals surface area contributed by atoms with Gasteiger partial charge in [-0.25, -0.2) is 4.98 Å². The van der Waals surface area contributed by atoms with Crippen molar-refractivity contribution in [2.75, 3.05) is 18.9 Å². The van der Waals surface area contributed by atoms with Crippen molar-refractivity contribution in [3.8, 4) is 0 Å². The first-order valence-corrected chi connectivity index (χ1v) is 7.18. The second kappa shape index (κ2) is 8.53. The number of ether oxygens (including phenoxy) is 1. The lowest BCUT2D eigenvalue weighted by atomic mass is 10.2. The molecule has 0 aromatic carbocycles. The van der Waals surface area contributed by atoms with Gasteiger partial charge in [-0.15, -0.1) is 11.8 Å². The van der Waals surface area contributed by atoms with Crippen molar-refractivity contribution in [3.05, 3.63) is 23.9 Å². The Balaban J connectivity index is 2.44. The first-order chi connectivity index (χ1) is 9.17. The Bertz CT molecular complexity index is 438.